The first-order chi connectivity index (χ1) is 13.8. The van der Waals surface area contributed by atoms with Crippen LogP contribution >= 0.6 is 0 Å². The molecule has 1 saturated heterocycles. The Hall–Kier alpha value is -2.12. The third kappa shape index (κ3) is 6.44. The molecular weight excluding hydrogens is 390 g/mol. The molecule has 0 aliphatic carbocycles. The maximum Gasteiger partial charge on any atom is 0.417 e. The Morgan fingerprint density at radius 1 is 1.10 bits per heavy atom. The number of rotatable bonds is 8. The molecule has 2 rings (SSSR count). The molecule has 0 unspecified atom stereocenters. The van der Waals surface area contributed by atoms with Gasteiger partial charge in [0.25, 0.3) is 5.91 Å². The number of hydrogen-bond acceptors (Lipinski definition) is 3. The lowest BCUT2D eigenvalue weighted by molar-refractivity contribution is -0.150. The number of halogens is 4. The summed E-state index contributed by atoms with van der Waals surface area (Å²) in [6.07, 6.45) is 0.936. The number of nitrogens with zero attached hydrogens (tertiary/aromatic N) is 1. The molecule has 1 amide bonds. The minimum Gasteiger partial charge on any atom is -0.465 e. The lowest BCUT2D eigenvalue weighted by atomic mass is 9.95. The van der Waals surface area contributed by atoms with Crippen LogP contribution in [-0.4, -0.2) is 36.5 Å². The number of piperidine rings is 1. The van der Waals surface area contributed by atoms with Crippen LogP contribution in [-0.2, 0) is 15.7 Å². The number of hydrogen-bond donors (Lipinski definition) is 0. The Labute approximate surface area is 168 Å². The Morgan fingerprint density at radius 2 is 1.76 bits per heavy atom. The standard InChI is InChI=1S/C21H27F4NO3/c1-2-3-4-5-6-14-29-20(28)15-10-12-26(13-11-15)19(27)18-16(21(23,24)25)8-7-9-17(18)22/h7-9,15H,2-6,10-14H2,1H3. The fraction of sp³-hybridized carbons (Fsp3) is 0.619. The fourth-order valence-electron chi connectivity index (χ4n) is 3.45. The molecule has 1 fully saturated rings. The molecule has 162 valence electrons. The van der Waals surface area contributed by atoms with Crippen molar-refractivity contribution in [1.82, 2.24) is 4.90 Å². The van der Waals surface area contributed by atoms with Gasteiger partial charge in [-0.2, -0.15) is 13.2 Å². The van der Waals surface area contributed by atoms with Crippen LogP contribution in [0.3, 0.4) is 0 Å². The van der Waals surface area contributed by atoms with Crippen molar-refractivity contribution in [2.45, 2.75) is 58.0 Å². The summed E-state index contributed by atoms with van der Waals surface area (Å²) in [5.41, 5.74) is -2.25. The first kappa shape index (κ1) is 23.2. The van der Waals surface area contributed by atoms with E-state index in [0.29, 0.717) is 12.7 Å². The molecule has 1 aromatic carbocycles. The predicted octanol–water partition coefficient (Wildman–Crippen LogP) is 5.21. The molecule has 0 saturated carbocycles. The first-order valence-corrected chi connectivity index (χ1v) is 10.1. The van der Waals surface area contributed by atoms with Gasteiger partial charge in [-0.3, -0.25) is 9.59 Å². The van der Waals surface area contributed by atoms with Crippen molar-refractivity contribution >= 4 is 11.9 Å². The highest BCUT2D eigenvalue weighted by Gasteiger charge is 2.39. The third-order valence-corrected chi connectivity index (χ3v) is 5.14. The molecule has 0 atom stereocenters. The number of benzene rings is 1. The summed E-state index contributed by atoms with van der Waals surface area (Å²) < 4.78 is 58.7. The van der Waals surface area contributed by atoms with Crippen molar-refractivity contribution in [2.75, 3.05) is 19.7 Å². The molecule has 0 bridgehead atoms. The molecule has 0 N–H and O–H groups in total. The van der Waals surface area contributed by atoms with Crippen LogP contribution in [0.4, 0.5) is 17.6 Å². The van der Waals surface area contributed by atoms with Crippen LogP contribution in [0.25, 0.3) is 0 Å². The second kappa shape index (κ2) is 10.6. The molecule has 1 aromatic rings. The molecule has 1 heterocycles. The number of unbranched alkanes of at least 4 members (excludes halogenated alkanes) is 4. The maximum absolute atomic E-state index is 14.0. The van der Waals surface area contributed by atoms with Gasteiger partial charge in [0.2, 0.25) is 0 Å². The predicted molar refractivity (Wildman–Crippen MR) is 99.7 cm³/mol. The van der Waals surface area contributed by atoms with E-state index in [2.05, 4.69) is 6.92 Å². The lowest BCUT2D eigenvalue weighted by Gasteiger charge is -2.31. The Kier molecular flexibility index (Phi) is 8.46. The molecule has 0 aromatic heterocycles. The number of alkyl halides is 3. The van der Waals surface area contributed by atoms with Gasteiger partial charge in [-0.1, -0.05) is 38.7 Å². The summed E-state index contributed by atoms with van der Waals surface area (Å²) in [6.45, 7) is 2.64. The van der Waals surface area contributed by atoms with Crippen molar-refractivity contribution in [3.05, 3.63) is 35.1 Å². The monoisotopic (exact) mass is 417 g/mol. The van der Waals surface area contributed by atoms with Gasteiger partial charge < -0.3 is 9.64 Å². The number of esters is 1. The molecule has 1 aliphatic heterocycles. The zero-order valence-corrected chi connectivity index (χ0v) is 16.6. The summed E-state index contributed by atoms with van der Waals surface area (Å²) in [5, 5.41) is 0. The first-order valence-electron chi connectivity index (χ1n) is 10.1. The number of likely N-dealkylation sites (tertiary alicyclic amines) is 1. The fourth-order valence-corrected chi connectivity index (χ4v) is 3.45. The van der Waals surface area contributed by atoms with E-state index in [1.807, 2.05) is 0 Å². The third-order valence-electron chi connectivity index (χ3n) is 5.14. The van der Waals surface area contributed by atoms with E-state index in [0.717, 1.165) is 44.2 Å². The van der Waals surface area contributed by atoms with Crippen molar-refractivity contribution < 1.29 is 31.9 Å². The van der Waals surface area contributed by atoms with Gasteiger partial charge >= 0.3 is 12.1 Å². The largest absolute Gasteiger partial charge is 0.465 e. The number of carbonyl (C=O) groups excluding carboxylic acids is 2. The zero-order valence-electron chi connectivity index (χ0n) is 16.6. The van der Waals surface area contributed by atoms with Crippen LogP contribution < -0.4 is 0 Å². The lowest BCUT2D eigenvalue weighted by Crippen LogP contribution is -2.41. The summed E-state index contributed by atoms with van der Waals surface area (Å²) in [4.78, 5) is 25.8. The molecule has 0 spiro atoms. The molecule has 1 aliphatic rings. The van der Waals surface area contributed by atoms with E-state index in [1.165, 1.54) is 4.90 Å². The smallest absolute Gasteiger partial charge is 0.417 e. The van der Waals surface area contributed by atoms with Crippen molar-refractivity contribution in [2.24, 2.45) is 5.92 Å². The highest BCUT2D eigenvalue weighted by molar-refractivity contribution is 5.96. The summed E-state index contributed by atoms with van der Waals surface area (Å²) >= 11 is 0. The SMILES string of the molecule is CCCCCCCOC(=O)C1CCN(C(=O)c2c(F)cccc2C(F)(F)F)CC1. The summed E-state index contributed by atoms with van der Waals surface area (Å²) in [7, 11) is 0. The van der Waals surface area contributed by atoms with Gasteiger partial charge in [0.1, 0.15) is 5.82 Å². The van der Waals surface area contributed by atoms with Crippen LogP contribution in [0.2, 0.25) is 0 Å². The van der Waals surface area contributed by atoms with E-state index >= 15 is 0 Å². The Morgan fingerprint density at radius 3 is 2.38 bits per heavy atom. The van der Waals surface area contributed by atoms with Gasteiger partial charge in [0.15, 0.2) is 0 Å². The quantitative estimate of drug-likeness (QED) is 0.331. The van der Waals surface area contributed by atoms with Gasteiger partial charge in [0.05, 0.1) is 23.7 Å². The normalized spacial score (nSPS) is 15.4. The second-order valence-corrected chi connectivity index (χ2v) is 7.31. The summed E-state index contributed by atoms with van der Waals surface area (Å²) in [5.74, 6) is -2.93. The average Bonchev–Trinajstić information content (AvgIpc) is 2.69. The molecule has 4 nitrogen and oxygen atoms in total. The zero-order chi connectivity index (χ0) is 21.4. The van der Waals surface area contributed by atoms with E-state index in [-0.39, 0.29) is 31.9 Å². The van der Waals surface area contributed by atoms with E-state index in [4.69, 9.17) is 4.74 Å². The van der Waals surface area contributed by atoms with Gasteiger partial charge in [-0.15, -0.1) is 0 Å². The molecular formula is C21H27F4NO3. The van der Waals surface area contributed by atoms with Gasteiger partial charge in [0, 0.05) is 13.1 Å². The van der Waals surface area contributed by atoms with Crippen LogP contribution in [0, 0.1) is 11.7 Å². The van der Waals surface area contributed by atoms with E-state index in [1.54, 1.807) is 0 Å². The van der Waals surface area contributed by atoms with Crippen molar-refractivity contribution in [3.8, 4) is 0 Å². The van der Waals surface area contributed by atoms with Crippen LogP contribution in [0.5, 0.6) is 0 Å². The second-order valence-electron chi connectivity index (χ2n) is 7.31. The number of ether oxygens (including phenoxy) is 1. The number of carbonyl (C=O) groups is 2. The van der Waals surface area contributed by atoms with Gasteiger partial charge in [-0.25, -0.2) is 4.39 Å². The van der Waals surface area contributed by atoms with E-state index < -0.39 is 34.9 Å². The minimum absolute atomic E-state index is 0.0841. The highest BCUT2D eigenvalue weighted by atomic mass is 19.4. The van der Waals surface area contributed by atoms with Crippen molar-refractivity contribution in [3.63, 3.8) is 0 Å². The Bertz CT molecular complexity index is 698. The van der Waals surface area contributed by atoms with Crippen LogP contribution in [0.1, 0.15) is 67.8 Å². The molecule has 8 heteroatoms. The maximum atomic E-state index is 14.0. The highest BCUT2D eigenvalue weighted by Crippen LogP contribution is 2.34. The van der Waals surface area contributed by atoms with Gasteiger partial charge in [-0.05, 0) is 31.4 Å². The topological polar surface area (TPSA) is 46.6 Å². The molecule has 29 heavy (non-hydrogen) atoms. The average molecular weight is 417 g/mol. The van der Waals surface area contributed by atoms with Crippen molar-refractivity contribution in [1.29, 1.82) is 0 Å². The Balaban J connectivity index is 1.88. The van der Waals surface area contributed by atoms with Crippen LogP contribution in [0.15, 0.2) is 18.2 Å². The molecule has 0 radical (unpaired) electrons. The summed E-state index contributed by atoms with van der Waals surface area (Å²) in [6, 6.07) is 2.47. The minimum atomic E-state index is -4.83. The van der Waals surface area contributed by atoms with E-state index in [9.17, 15) is 27.2 Å². The number of amides is 1.